The second-order valence-corrected chi connectivity index (χ2v) is 6.11. The minimum Gasteiger partial charge on any atom is -0.478 e. The molecule has 2 N–H and O–H groups in total. The minimum absolute atomic E-state index is 0.00891. The number of hydrogen-bond donors (Lipinski definition) is 2. The number of carboxylic acids is 1. The van der Waals surface area contributed by atoms with Crippen LogP contribution in [0, 0.1) is 0 Å². The molecular weight excluding hydrogens is 294 g/mol. The number of carboxylic acid groups (broad SMARTS) is 1. The van der Waals surface area contributed by atoms with Crippen LogP contribution < -0.4 is 4.72 Å². The van der Waals surface area contributed by atoms with Gasteiger partial charge < -0.3 is 5.11 Å². The Bertz CT molecular complexity index is 780. The SMILES string of the molecule is CCc1ccc(S(=O)(=O)Nc2ccnn2C)cc1C(=O)O. The lowest BCUT2D eigenvalue weighted by molar-refractivity contribution is 0.0695. The molecule has 2 rings (SSSR count). The maximum Gasteiger partial charge on any atom is 0.336 e. The van der Waals surface area contributed by atoms with E-state index in [1.54, 1.807) is 7.05 Å². The number of carbonyl (C=O) groups is 1. The van der Waals surface area contributed by atoms with Crippen LogP contribution in [-0.4, -0.2) is 29.3 Å². The zero-order valence-corrected chi connectivity index (χ0v) is 12.4. The molecule has 1 aromatic heterocycles. The number of hydrogen-bond acceptors (Lipinski definition) is 4. The lowest BCUT2D eigenvalue weighted by Crippen LogP contribution is -2.16. The van der Waals surface area contributed by atoms with Gasteiger partial charge in [0, 0.05) is 13.1 Å². The third-order valence-electron chi connectivity index (χ3n) is 3.06. The van der Waals surface area contributed by atoms with Crippen molar-refractivity contribution >= 4 is 21.8 Å². The first-order valence-electron chi connectivity index (χ1n) is 6.22. The zero-order chi connectivity index (χ0) is 15.6. The molecule has 0 saturated carbocycles. The first-order valence-corrected chi connectivity index (χ1v) is 7.70. The van der Waals surface area contributed by atoms with Gasteiger partial charge in [-0.1, -0.05) is 13.0 Å². The van der Waals surface area contributed by atoms with Crippen LogP contribution in [0.3, 0.4) is 0 Å². The molecule has 0 radical (unpaired) electrons. The van der Waals surface area contributed by atoms with Gasteiger partial charge in [-0.2, -0.15) is 5.10 Å². The lowest BCUT2D eigenvalue weighted by Gasteiger charge is -2.10. The number of aromatic carboxylic acids is 1. The Balaban J connectivity index is 2.43. The van der Waals surface area contributed by atoms with Crippen molar-refractivity contribution in [2.75, 3.05) is 4.72 Å². The van der Waals surface area contributed by atoms with E-state index >= 15 is 0 Å². The molecule has 0 unspecified atom stereocenters. The molecule has 112 valence electrons. The van der Waals surface area contributed by atoms with E-state index < -0.39 is 16.0 Å². The number of aromatic nitrogens is 2. The molecule has 7 nitrogen and oxygen atoms in total. The smallest absolute Gasteiger partial charge is 0.336 e. The second-order valence-electron chi connectivity index (χ2n) is 4.42. The molecule has 21 heavy (non-hydrogen) atoms. The molecule has 0 aliphatic heterocycles. The Morgan fingerprint density at radius 1 is 1.38 bits per heavy atom. The van der Waals surface area contributed by atoms with Crippen molar-refractivity contribution in [1.82, 2.24) is 9.78 Å². The summed E-state index contributed by atoms with van der Waals surface area (Å²) in [5.41, 5.74) is 0.576. The fourth-order valence-corrected chi connectivity index (χ4v) is 3.01. The second kappa shape index (κ2) is 5.57. The number of rotatable bonds is 5. The zero-order valence-electron chi connectivity index (χ0n) is 11.6. The first kappa shape index (κ1) is 15.0. The van der Waals surface area contributed by atoms with Gasteiger partial charge in [0.2, 0.25) is 0 Å². The summed E-state index contributed by atoms with van der Waals surface area (Å²) in [5.74, 6) is -0.851. The van der Waals surface area contributed by atoms with Crippen molar-refractivity contribution in [2.24, 2.45) is 7.05 Å². The van der Waals surface area contributed by atoms with Crippen LogP contribution in [0.5, 0.6) is 0 Å². The average Bonchev–Trinajstić information content (AvgIpc) is 2.82. The summed E-state index contributed by atoms with van der Waals surface area (Å²) in [4.78, 5) is 11.1. The molecular formula is C13H15N3O4S. The number of anilines is 1. The molecule has 0 fully saturated rings. The maximum atomic E-state index is 12.3. The fraction of sp³-hybridized carbons (Fsp3) is 0.231. The Morgan fingerprint density at radius 2 is 2.10 bits per heavy atom. The molecule has 0 aliphatic rings. The highest BCUT2D eigenvalue weighted by molar-refractivity contribution is 7.92. The number of sulfonamides is 1. The molecule has 2 aromatic rings. The van der Waals surface area contributed by atoms with Crippen molar-refractivity contribution in [3.05, 3.63) is 41.6 Å². The summed E-state index contributed by atoms with van der Waals surface area (Å²) in [6, 6.07) is 5.58. The van der Waals surface area contributed by atoms with Gasteiger partial charge in [0.05, 0.1) is 16.7 Å². The Morgan fingerprint density at radius 3 is 2.62 bits per heavy atom. The Hall–Kier alpha value is -2.35. The first-order chi connectivity index (χ1) is 9.85. The van der Waals surface area contributed by atoms with E-state index in [1.165, 1.54) is 35.1 Å². The van der Waals surface area contributed by atoms with E-state index in [4.69, 9.17) is 5.11 Å². The van der Waals surface area contributed by atoms with Gasteiger partial charge in [0.25, 0.3) is 10.0 Å². The summed E-state index contributed by atoms with van der Waals surface area (Å²) < 4.78 is 28.3. The molecule has 1 aromatic carbocycles. The summed E-state index contributed by atoms with van der Waals surface area (Å²) in [5, 5.41) is 13.0. The van der Waals surface area contributed by atoms with E-state index in [9.17, 15) is 13.2 Å². The van der Waals surface area contributed by atoms with E-state index in [2.05, 4.69) is 9.82 Å². The van der Waals surface area contributed by atoms with Gasteiger partial charge in [0.15, 0.2) is 0 Å². The standard InChI is InChI=1S/C13H15N3O4S/c1-3-9-4-5-10(8-11(9)13(17)18)21(19,20)15-12-6-7-14-16(12)2/h4-8,15H,3H2,1-2H3,(H,17,18). The summed E-state index contributed by atoms with van der Waals surface area (Å²) in [6.45, 7) is 1.81. The summed E-state index contributed by atoms with van der Waals surface area (Å²) >= 11 is 0. The average molecular weight is 309 g/mol. The van der Waals surface area contributed by atoms with Crippen molar-refractivity contribution in [3.8, 4) is 0 Å². The predicted molar refractivity (Wildman–Crippen MR) is 76.8 cm³/mol. The Kier molecular flexibility index (Phi) is 3.99. The van der Waals surface area contributed by atoms with Crippen LogP contribution in [0.4, 0.5) is 5.82 Å². The molecule has 0 bridgehead atoms. The van der Waals surface area contributed by atoms with Crippen LogP contribution >= 0.6 is 0 Å². The van der Waals surface area contributed by atoms with Crippen LogP contribution in [0.1, 0.15) is 22.8 Å². The van der Waals surface area contributed by atoms with E-state index in [-0.39, 0.29) is 10.5 Å². The van der Waals surface area contributed by atoms with Gasteiger partial charge in [-0.15, -0.1) is 0 Å². The maximum absolute atomic E-state index is 12.3. The number of aryl methyl sites for hydroxylation is 2. The van der Waals surface area contributed by atoms with Crippen molar-refractivity contribution < 1.29 is 18.3 Å². The molecule has 0 saturated heterocycles. The number of nitrogens with one attached hydrogen (secondary N) is 1. The summed E-state index contributed by atoms with van der Waals surface area (Å²) in [6.07, 6.45) is 1.97. The molecule has 0 spiro atoms. The van der Waals surface area contributed by atoms with Crippen molar-refractivity contribution in [2.45, 2.75) is 18.2 Å². The summed E-state index contributed by atoms with van der Waals surface area (Å²) in [7, 11) is -2.26. The number of benzene rings is 1. The van der Waals surface area contributed by atoms with Gasteiger partial charge in [0.1, 0.15) is 5.82 Å². The normalized spacial score (nSPS) is 11.3. The fourth-order valence-electron chi connectivity index (χ4n) is 1.90. The molecule has 8 heteroatoms. The molecule has 0 amide bonds. The van der Waals surface area contributed by atoms with Gasteiger partial charge in [-0.05, 0) is 24.1 Å². The minimum atomic E-state index is -3.86. The van der Waals surface area contributed by atoms with Crippen LogP contribution in [0.25, 0.3) is 0 Å². The third-order valence-corrected chi connectivity index (χ3v) is 4.42. The highest BCUT2D eigenvalue weighted by atomic mass is 32.2. The number of nitrogens with zero attached hydrogens (tertiary/aromatic N) is 2. The highest BCUT2D eigenvalue weighted by Gasteiger charge is 2.19. The highest BCUT2D eigenvalue weighted by Crippen LogP contribution is 2.19. The molecule has 1 heterocycles. The van der Waals surface area contributed by atoms with Crippen LogP contribution in [-0.2, 0) is 23.5 Å². The Labute approximate surface area is 122 Å². The van der Waals surface area contributed by atoms with Crippen LogP contribution in [0.2, 0.25) is 0 Å². The monoisotopic (exact) mass is 309 g/mol. The lowest BCUT2D eigenvalue weighted by atomic mass is 10.1. The molecule has 0 aliphatic carbocycles. The van der Waals surface area contributed by atoms with Gasteiger partial charge >= 0.3 is 5.97 Å². The topological polar surface area (TPSA) is 101 Å². The van der Waals surface area contributed by atoms with Crippen LogP contribution in [0.15, 0.2) is 35.4 Å². The van der Waals surface area contributed by atoms with Gasteiger partial charge in [-0.25, -0.2) is 13.2 Å². The third kappa shape index (κ3) is 3.05. The predicted octanol–water partition coefficient (Wildman–Crippen LogP) is 1.48. The van der Waals surface area contributed by atoms with Gasteiger partial charge in [-0.3, -0.25) is 9.40 Å². The van der Waals surface area contributed by atoms with E-state index in [0.29, 0.717) is 17.8 Å². The van der Waals surface area contributed by atoms with E-state index in [1.807, 2.05) is 6.92 Å². The molecule has 0 atom stereocenters. The van der Waals surface area contributed by atoms with Crippen molar-refractivity contribution in [3.63, 3.8) is 0 Å². The largest absolute Gasteiger partial charge is 0.478 e. The van der Waals surface area contributed by atoms with Crippen molar-refractivity contribution in [1.29, 1.82) is 0 Å². The van der Waals surface area contributed by atoms with E-state index in [0.717, 1.165) is 0 Å². The quantitative estimate of drug-likeness (QED) is 0.871.